The second-order valence-corrected chi connectivity index (χ2v) is 6.64. The third-order valence-corrected chi connectivity index (χ3v) is 4.63. The van der Waals surface area contributed by atoms with Gasteiger partial charge in [-0.25, -0.2) is 23.5 Å². The molecule has 0 unspecified atom stereocenters. The molecule has 1 aliphatic rings. The van der Waals surface area contributed by atoms with Crippen molar-refractivity contribution in [2.45, 2.75) is 4.90 Å². The lowest BCUT2D eigenvalue weighted by Crippen LogP contribution is -2.46. The van der Waals surface area contributed by atoms with Crippen LogP contribution in [0.5, 0.6) is 0 Å². The number of piperazine rings is 1. The van der Waals surface area contributed by atoms with Crippen LogP contribution in [0.15, 0.2) is 47.8 Å². The molecule has 7 nitrogen and oxygen atoms in total. The van der Waals surface area contributed by atoms with E-state index in [1.807, 2.05) is 6.07 Å². The maximum absolute atomic E-state index is 11.3. The molecule has 116 valence electrons. The first kappa shape index (κ1) is 14.7. The first-order chi connectivity index (χ1) is 10.5. The summed E-state index contributed by atoms with van der Waals surface area (Å²) in [6.07, 6.45) is 3.29. The zero-order valence-corrected chi connectivity index (χ0v) is 12.8. The van der Waals surface area contributed by atoms with E-state index in [9.17, 15) is 8.42 Å². The van der Waals surface area contributed by atoms with Crippen molar-refractivity contribution in [2.75, 3.05) is 36.0 Å². The van der Waals surface area contributed by atoms with Gasteiger partial charge >= 0.3 is 0 Å². The first-order valence-electron chi connectivity index (χ1n) is 6.93. The molecule has 1 saturated heterocycles. The van der Waals surface area contributed by atoms with Crippen LogP contribution < -0.4 is 14.9 Å². The number of primary sulfonamides is 1. The van der Waals surface area contributed by atoms with Gasteiger partial charge in [-0.2, -0.15) is 0 Å². The number of sulfonamides is 1. The van der Waals surface area contributed by atoms with Crippen LogP contribution in [0.3, 0.4) is 0 Å². The van der Waals surface area contributed by atoms with Crippen molar-refractivity contribution in [3.05, 3.63) is 42.9 Å². The van der Waals surface area contributed by atoms with Gasteiger partial charge in [-0.05, 0) is 30.3 Å². The van der Waals surface area contributed by atoms with Gasteiger partial charge in [-0.3, -0.25) is 0 Å². The summed E-state index contributed by atoms with van der Waals surface area (Å²) in [6, 6.07) is 8.57. The number of aromatic nitrogens is 2. The molecule has 2 N–H and O–H groups in total. The van der Waals surface area contributed by atoms with E-state index in [2.05, 4.69) is 19.8 Å². The molecule has 0 radical (unpaired) electrons. The minimum absolute atomic E-state index is 0.135. The highest BCUT2D eigenvalue weighted by molar-refractivity contribution is 7.89. The van der Waals surface area contributed by atoms with Crippen LogP contribution in [0, 0.1) is 0 Å². The molecule has 0 bridgehead atoms. The Morgan fingerprint density at radius 2 is 1.59 bits per heavy atom. The second-order valence-electron chi connectivity index (χ2n) is 5.08. The normalized spacial score (nSPS) is 15.9. The van der Waals surface area contributed by atoms with Gasteiger partial charge in [0.05, 0.1) is 4.90 Å². The summed E-state index contributed by atoms with van der Waals surface area (Å²) >= 11 is 0. The van der Waals surface area contributed by atoms with Gasteiger partial charge in [-0.15, -0.1) is 0 Å². The van der Waals surface area contributed by atoms with Crippen molar-refractivity contribution in [1.29, 1.82) is 0 Å². The van der Waals surface area contributed by atoms with Crippen molar-refractivity contribution in [1.82, 2.24) is 9.97 Å². The summed E-state index contributed by atoms with van der Waals surface area (Å²) in [7, 11) is -3.64. The molecule has 0 amide bonds. The summed E-state index contributed by atoms with van der Waals surface area (Å²) < 4.78 is 22.5. The average Bonchev–Trinajstić information content (AvgIpc) is 2.55. The lowest BCUT2D eigenvalue weighted by Gasteiger charge is -2.36. The molecule has 8 heteroatoms. The lowest BCUT2D eigenvalue weighted by atomic mass is 10.2. The van der Waals surface area contributed by atoms with E-state index in [0.717, 1.165) is 37.7 Å². The molecule has 1 aromatic carbocycles. The summed E-state index contributed by atoms with van der Waals surface area (Å²) in [5, 5.41) is 5.11. The van der Waals surface area contributed by atoms with Gasteiger partial charge in [0.25, 0.3) is 0 Å². The van der Waals surface area contributed by atoms with E-state index < -0.39 is 10.0 Å². The maximum Gasteiger partial charge on any atom is 0.238 e. The van der Waals surface area contributed by atoms with Crippen LogP contribution in [0.4, 0.5) is 11.5 Å². The highest BCUT2D eigenvalue weighted by Crippen LogP contribution is 2.20. The Balaban J connectivity index is 1.66. The van der Waals surface area contributed by atoms with Crippen molar-refractivity contribution in [2.24, 2.45) is 5.14 Å². The Morgan fingerprint density at radius 1 is 0.955 bits per heavy atom. The molecule has 0 saturated carbocycles. The van der Waals surface area contributed by atoms with Gasteiger partial charge in [-0.1, -0.05) is 0 Å². The largest absolute Gasteiger partial charge is 0.368 e. The third-order valence-electron chi connectivity index (χ3n) is 3.70. The van der Waals surface area contributed by atoms with Gasteiger partial charge in [0.2, 0.25) is 10.0 Å². The number of anilines is 2. The molecular formula is C14H17N5O2S. The Labute approximate surface area is 129 Å². The highest BCUT2D eigenvalue weighted by Gasteiger charge is 2.18. The fourth-order valence-electron chi connectivity index (χ4n) is 2.51. The van der Waals surface area contributed by atoms with E-state index >= 15 is 0 Å². The Morgan fingerprint density at radius 3 is 2.14 bits per heavy atom. The standard InChI is InChI=1S/C14H17N5O2S/c15-22(20,21)13-3-1-12(2-4-13)18-7-9-19(10-8-18)14-5-6-16-11-17-14/h1-6,11H,7-10H2,(H2,15,20,21). The molecular weight excluding hydrogens is 302 g/mol. The molecule has 0 spiro atoms. The molecule has 2 aromatic rings. The molecule has 0 aliphatic carbocycles. The van der Waals surface area contributed by atoms with E-state index in [1.165, 1.54) is 0 Å². The number of rotatable bonds is 3. The van der Waals surface area contributed by atoms with Crippen molar-refractivity contribution >= 4 is 21.5 Å². The number of hydrogen-bond donors (Lipinski definition) is 1. The van der Waals surface area contributed by atoms with Gasteiger partial charge in [0, 0.05) is 38.1 Å². The molecule has 1 aliphatic heterocycles. The molecule has 22 heavy (non-hydrogen) atoms. The number of benzene rings is 1. The van der Waals surface area contributed by atoms with Crippen LogP contribution in [0.2, 0.25) is 0 Å². The molecule has 1 fully saturated rings. The summed E-state index contributed by atoms with van der Waals surface area (Å²) in [5.41, 5.74) is 0.995. The zero-order chi connectivity index (χ0) is 15.6. The first-order valence-corrected chi connectivity index (χ1v) is 8.47. The number of nitrogens with two attached hydrogens (primary N) is 1. The smallest absolute Gasteiger partial charge is 0.238 e. The van der Waals surface area contributed by atoms with E-state index in [1.54, 1.807) is 36.8 Å². The van der Waals surface area contributed by atoms with E-state index in [0.29, 0.717) is 0 Å². The SMILES string of the molecule is NS(=O)(=O)c1ccc(N2CCN(c3ccncn3)CC2)cc1. The van der Waals surface area contributed by atoms with E-state index in [-0.39, 0.29) is 4.90 Å². The average molecular weight is 319 g/mol. The molecule has 1 aromatic heterocycles. The van der Waals surface area contributed by atoms with Gasteiger partial charge in [0.1, 0.15) is 12.1 Å². The predicted molar refractivity (Wildman–Crippen MR) is 84.3 cm³/mol. The monoisotopic (exact) mass is 319 g/mol. The fraction of sp³-hybridized carbons (Fsp3) is 0.286. The fourth-order valence-corrected chi connectivity index (χ4v) is 3.03. The predicted octanol–water partition coefficient (Wildman–Crippen LogP) is 0.451. The Hall–Kier alpha value is -2.19. The minimum atomic E-state index is -3.64. The summed E-state index contributed by atoms with van der Waals surface area (Å²) in [6.45, 7) is 3.40. The van der Waals surface area contributed by atoms with Crippen molar-refractivity contribution in [3.63, 3.8) is 0 Å². The molecule has 2 heterocycles. The highest BCUT2D eigenvalue weighted by atomic mass is 32.2. The van der Waals surface area contributed by atoms with E-state index in [4.69, 9.17) is 5.14 Å². The zero-order valence-electron chi connectivity index (χ0n) is 12.0. The quantitative estimate of drug-likeness (QED) is 0.883. The van der Waals surface area contributed by atoms with Crippen LogP contribution in [-0.4, -0.2) is 44.6 Å². The van der Waals surface area contributed by atoms with Crippen molar-refractivity contribution in [3.8, 4) is 0 Å². The maximum atomic E-state index is 11.3. The lowest BCUT2D eigenvalue weighted by molar-refractivity contribution is 0.597. The minimum Gasteiger partial charge on any atom is -0.368 e. The van der Waals surface area contributed by atoms with Crippen LogP contribution >= 0.6 is 0 Å². The summed E-state index contributed by atoms with van der Waals surface area (Å²) in [4.78, 5) is 12.7. The third kappa shape index (κ3) is 3.18. The molecule has 0 atom stereocenters. The summed E-state index contributed by atoms with van der Waals surface area (Å²) in [5.74, 6) is 0.930. The number of nitrogens with zero attached hydrogens (tertiary/aromatic N) is 4. The number of hydrogen-bond acceptors (Lipinski definition) is 6. The van der Waals surface area contributed by atoms with Crippen LogP contribution in [0.1, 0.15) is 0 Å². The Kier molecular flexibility index (Phi) is 3.95. The van der Waals surface area contributed by atoms with Crippen LogP contribution in [0.25, 0.3) is 0 Å². The topological polar surface area (TPSA) is 92.4 Å². The van der Waals surface area contributed by atoms with Crippen LogP contribution in [-0.2, 0) is 10.0 Å². The Bertz CT molecular complexity index is 726. The second kappa shape index (κ2) is 5.90. The van der Waals surface area contributed by atoms with Crippen molar-refractivity contribution < 1.29 is 8.42 Å². The van der Waals surface area contributed by atoms with Gasteiger partial charge < -0.3 is 9.80 Å². The molecule has 3 rings (SSSR count). The van der Waals surface area contributed by atoms with Gasteiger partial charge in [0.15, 0.2) is 0 Å².